The molecule has 0 aromatic rings. The first kappa shape index (κ1) is 13.5. The average molecular weight is 217 g/mol. The van der Waals surface area contributed by atoms with Crippen molar-refractivity contribution in [2.24, 2.45) is 0 Å². The van der Waals surface area contributed by atoms with Crippen molar-refractivity contribution in [2.75, 3.05) is 18.6 Å². The lowest BCUT2D eigenvalue weighted by molar-refractivity contribution is -0.131. The Bertz CT molecular complexity index is 204. The van der Waals surface area contributed by atoms with E-state index >= 15 is 0 Å². The van der Waals surface area contributed by atoms with Gasteiger partial charge in [-0.25, -0.2) is 4.79 Å². The molecule has 0 saturated heterocycles. The summed E-state index contributed by atoms with van der Waals surface area (Å²) in [6.07, 6.45) is 4.39. The summed E-state index contributed by atoms with van der Waals surface area (Å²) in [6, 6.07) is 0.474. The second kappa shape index (κ2) is 7.88. The van der Waals surface area contributed by atoms with Gasteiger partial charge in [0.2, 0.25) is 0 Å². The van der Waals surface area contributed by atoms with Crippen LogP contribution >= 0.6 is 11.8 Å². The third-order valence-electron chi connectivity index (χ3n) is 1.90. The summed E-state index contributed by atoms with van der Waals surface area (Å²) in [5.74, 6) is 0.193. The van der Waals surface area contributed by atoms with Gasteiger partial charge in [0.1, 0.15) is 0 Å². The van der Waals surface area contributed by atoms with Gasteiger partial charge in [0, 0.05) is 24.4 Å². The first-order valence-corrected chi connectivity index (χ1v) is 6.12. The number of carboxylic acids is 1. The van der Waals surface area contributed by atoms with Crippen LogP contribution in [0, 0.1) is 0 Å². The molecule has 0 heterocycles. The molecule has 0 amide bonds. The Morgan fingerprint density at radius 2 is 2.29 bits per heavy atom. The van der Waals surface area contributed by atoms with E-state index in [0.29, 0.717) is 12.6 Å². The normalized spacial score (nSPS) is 14.1. The fourth-order valence-corrected chi connectivity index (χ4v) is 1.85. The SMILES string of the molecule is CCC(CSC)NCC(C)=CC(=O)O. The molecule has 0 rings (SSSR count). The highest BCUT2D eigenvalue weighted by molar-refractivity contribution is 7.98. The molecule has 1 atom stereocenters. The topological polar surface area (TPSA) is 49.3 Å². The predicted molar refractivity (Wildman–Crippen MR) is 61.9 cm³/mol. The van der Waals surface area contributed by atoms with E-state index in [-0.39, 0.29) is 0 Å². The summed E-state index contributed by atoms with van der Waals surface area (Å²) in [4.78, 5) is 10.3. The number of rotatable bonds is 7. The predicted octanol–water partition coefficient (Wildman–Crippen LogP) is 1.75. The van der Waals surface area contributed by atoms with Crippen LogP contribution in [0.3, 0.4) is 0 Å². The van der Waals surface area contributed by atoms with Crippen LogP contribution in [0.4, 0.5) is 0 Å². The van der Waals surface area contributed by atoms with Gasteiger partial charge < -0.3 is 10.4 Å². The molecule has 1 unspecified atom stereocenters. The summed E-state index contributed by atoms with van der Waals surface area (Å²) in [5, 5.41) is 11.8. The summed E-state index contributed by atoms with van der Waals surface area (Å²) in [6.45, 7) is 4.61. The van der Waals surface area contributed by atoms with E-state index in [4.69, 9.17) is 5.11 Å². The third kappa shape index (κ3) is 6.97. The number of carboxylic acid groups (broad SMARTS) is 1. The molecular weight excluding hydrogens is 198 g/mol. The van der Waals surface area contributed by atoms with Gasteiger partial charge in [-0.3, -0.25) is 0 Å². The van der Waals surface area contributed by atoms with Crippen LogP contribution in [0.15, 0.2) is 11.6 Å². The Hall–Kier alpha value is -0.480. The minimum Gasteiger partial charge on any atom is -0.478 e. The van der Waals surface area contributed by atoms with E-state index < -0.39 is 5.97 Å². The van der Waals surface area contributed by atoms with Gasteiger partial charge in [-0.1, -0.05) is 12.5 Å². The Kier molecular flexibility index (Phi) is 7.61. The molecule has 82 valence electrons. The zero-order valence-corrected chi connectivity index (χ0v) is 9.86. The molecule has 0 aliphatic heterocycles. The molecule has 0 aliphatic carbocycles. The lowest BCUT2D eigenvalue weighted by Gasteiger charge is -2.15. The molecular formula is C10H19NO2S. The van der Waals surface area contributed by atoms with Gasteiger partial charge in [0.25, 0.3) is 0 Å². The third-order valence-corrected chi connectivity index (χ3v) is 2.64. The van der Waals surface area contributed by atoms with Gasteiger partial charge in [0.05, 0.1) is 0 Å². The first-order valence-electron chi connectivity index (χ1n) is 4.72. The van der Waals surface area contributed by atoms with Crippen LogP contribution in [0.2, 0.25) is 0 Å². The Labute approximate surface area is 90.0 Å². The quantitative estimate of drug-likeness (QED) is 0.638. The average Bonchev–Trinajstić information content (AvgIpc) is 2.11. The van der Waals surface area contributed by atoms with Crippen molar-refractivity contribution < 1.29 is 9.90 Å². The van der Waals surface area contributed by atoms with Crippen molar-refractivity contribution in [2.45, 2.75) is 26.3 Å². The van der Waals surface area contributed by atoms with Gasteiger partial charge in [-0.2, -0.15) is 11.8 Å². The first-order chi connectivity index (χ1) is 6.60. The maximum atomic E-state index is 10.3. The highest BCUT2D eigenvalue weighted by Crippen LogP contribution is 2.01. The minimum atomic E-state index is -0.873. The molecule has 0 radical (unpaired) electrons. The maximum Gasteiger partial charge on any atom is 0.328 e. The summed E-state index contributed by atoms with van der Waals surface area (Å²) < 4.78 is 0. The van der Waals surface area contributed by atoms with Crippen molar-refractivity contribution in [1.29, 1.82) is 0 Å². The van der Waals surface area contributed by atoms with Gasteiger partial charge in [-0.15, -0.1) is 0 Å². The highest BCUT2D eigenvalue weighted by Gasteiger charge is 2.04. The van der Waals surface area contributed by atoms with Crippen molar-refractivity contribution in [3.05, 3.63) is 11.6 Å². The largest absolute Gasteiger partial charge is 0.478 e. The molecule has 0 aromatic carbocycles. The van der Waals surface area contributed by atoms with E-state index in [1.165, 1.54) is 6.08 Å². The lowest BCUT2D eigenvalue weighted by Crippen LogP contribution is -2.32. The Morgan fingerprint density at radius 3 is 2.71 bits per heavy atom. The van der Waals surface area contributed by atoms with Gasteiger partial charge >= 0.3 is 5.97 Å². The number of carbonyl (C=O) groups is 1. The molecule has 0 saturated carbocycles. The van der Waals surface area contributed by atoms with E-state index in [1.807, 2.05) is 6.92 Å². The number of thioether (sulfide) groups is 1. The van der Waals surface area contributed by atoms with E-state index in [1.54, 1.807) is 11.8 Å². The van der Waals surface area contributed by atoms with Crippen molar-refractivity contribution in [3.8, 4) is 0 Å². The maximum absolute atomic E-state index is 10.3. The molecule has 14 heavy (non-hydrogen) atoms. The highest BCUT2D eigenvalue weighted by atomic mass is 32.2. The van der Waals surface area contributed by atoms with E-state index in [9.17, 15) is 4.79 Å². The van der Waals surface area contributed by atoms with Crippen LogP contribution < -0.4 is 5.32 Å². The summed E-state index contributed by atoms with van der Waals surface area (Å²) in [7, 11) is 0. The van der Waals surface area contributed by atoms with Crippen LogP contribution in [0.1, 0.15) is 20.3 Å². The van der Waals surface area contributed by atoms with Crippen LogP contribution in [0.25, 0.3) is 0 Å². The van der Waals surface area contributed by atoms with Crippen LogP contribution in [-0.2, 0) is 4.79 Å². The fraction of sp³-hybridized carbons (Fsp3) is 0.700. The number of hydrogen-bond acceptors (Lipinski definition) is 3. The van der Waals surface area contributed by atoms with Crippen molar-refractivity contribution in [1.82, 2.24) is 5.32 Å². The smallest absolute Gasteiger partial charge is 0.328 e. The number of aliphatic carboxylic acids is 1. The van der Waals surface area contributed by atoms with E-state index in [2.05, 4.69) is 18.5 Å². The van der Waals surface area contributed by atoms with Gasteiger partial charge in [0.15, 0.2) is 0 Å². The molecule has 0 bridgehead atoms. The molecule has 0 aliphatic rings. The summed E-state index contributed by atoms with van der Waals surface area (Å²) in [5.41, 5.74) is 0.858. The second-order valence-corrected chi connectivity index (χ2v) is 4.18. The number of nitrogens with one attached hydrogen (secondary N) is 1. The Morgan fingerprint density at radius 1 is 1.64 bits per heavy atom. The number of hydrogen-bond donors (Lipinski definition) is 2. The second-order valence-electron chi connectivity index (χ2n) is 3.27. The molecule has 3 nitrogen and oxygen atoms in total. The summed E-state index contributed by atoms with van der Waals surface area (Å²) >= 11 is 1.80. The molecule has 4 heteroatoms. The van der Waals surface area contributed by atoms with Crippen molar-refractivity contribution in [3.63, 3.8) is 0 Å². The van der Waals surface area contributed by atoms with E-state index in [0.717, 1.165) is 17.7 Å². The standard InChI is InChI=1S/C10H19NO2S/c1-4-9(7-14-3)11-6-8(2)5-10(12)13/h5,9,11H,4,6-7H2,1-3H3,(H,12,13). The van der Waals surface area contributed by atoms with Gasteiger partial charge in [-0.05, 0) is 19.6 Å². The van der Waals surface area contributed by atoms with Crippen molar-refractivity contribution >= 4 is 17.7 Å². The molecule has 0 spiro atoms. The molecule has 0 fully saturated rings. The van der Waals surface area contributed by atoms with Crippen LogP contribution in [0.5, 0.6) is 0 Å². The fourth-order valence-electron chi connectivity index (χ4n) is 1.09. The Balaban J connectivity index is 3.84. The molecule has 0 aromatic heterocycles. The minimum absolute atomic E-state index is 0.474. The monoisotopic (exact) mass is 217 g/mol. The van der Waals surface area contributed by atoms with Crippen LogP contribution in [-0.4, -0.2) is 35.7 Å². The molecule has 2 N–H and O–H groups in total. The lowest BCUT2D eigenvalue weighted by atomic mass is 10.2. The zero-order valence-electron chi connectivity index (χ0n) is 9.04. The zero-order chi connectivity index (χ0) is 11.0.